The average Bonchev–Trinajstić information content (AvgIpc) is 3.14. The van der Waals surface area contributed by atoms with Gasteiger partial charge in [-0.2, -0.15) is 4.98 Å². The first-order valence-corrected chi connectivity index (χ1v) is 7.30. The van der Waals surface area contributed by atoms with E-state index in [1.165, 1.54) is 0 Å². The highest BCUT2D eigenvalue weighted by atomic mass is 16.5. The molecular formula is C19H13N3O. The van der Waals surface area contributed by atoms with Gasteiger partial charge in [-0.3, -0.25) is 4.98 Å². The minimum absolute atomic E-state index is 0.509. The lowest BCUT2D eigenvalue weighted by molar-refractivity contribution is 0.432. The van der Waals surface area contributed by atoms with Gasteiger partial charge in [0.25, 0.3) is 5.89 Å². The second-order valence-electron chi connectivity index (χ2n) is 5.11. The number of hydrogen-bond donors (Lipinski definition) is 0. The second kappa shape index (κ2) is 5.85. The Balaban J connectivity index is 1.71. The molecule has 4 aromatic rings. The summed E-state index contributed by atoms with van der Waals surface area (Å²) in [5, 5.41) is 4.05. The molecule has 0 fully saturated rings. The monoisotopic (exact) mass is 299 g/mol. The van der Waals surface area contributed by atoms with Crippen LogP contribution >= 0.6 is 0 Å². The van der Waals surface area contributed by atoms with E-state index in [1.54, 1.807) is 12.4 Å². The van der Waals surface area contributed by atoms with Gasteiger partial charge in [-0.15, -0.1) is 0 Å². The van der Waals surface area contributed by atoms with Crippen molar-refractivity contribution >= 4 is 0 Å². The van der Waals surface area contributed by atoms with Gasteiger partial charge in [0.2, 0.25) is 5.82 Å². The zero-order valence-corrected chi connectivity index (χ0v) is 12.3. The Morgan fingerprint density at radius 2 is 1.39 bits per heavy atom. The maximum absolute atomic E-state index is 5.41. The van der Waals surface area contributed by atoms with E-state index in [9.17, 15) is 0 Å². The maximum Gasteiger partial charge on any atom is 0.258 e. The quantitative estimate of drug-likeness (QED) is 0.560. The van der Waals surface area contributed by atoms with Crippen molar-refractivity contribution in [3.63, 3.8) is 0 Å². The number of rotatable bonds is 3. The highest BCUT2D eigenvalue weighted by Crippen LogP contribution is 2.26. The molecule has 0 saturated heterocycles. The molecule has 0 aliphatic heterocycles. The van der Waals surface area contributed by atoms with E-state index in [2.05, 4.69) is 39.4 Å². The number of benzene rings is 2. The average molecular weight is 299 g/mol. The van der Waals surface area contributed by atoms with Gasteiger partial charge in [0.1, 0.15) is 0 Å². The number of hydrogen-bond acceptors (Lipinski definition) is 4. The van der Waals surface area contributed by atoms with Crippen LogP contribution in [0.15, 0.2) is 83.6 Å². The summed E-state index contributed by atoms with van der Waals surface area (Å²) in [5.41, 5.74) is 4.06. The highest BCUT2D eigenvalue weighted by molar-refractivity contribution is 5.70. The molecule has 2 aromatic heterocycles. The minimum Gasteiger partial charge on any atom is -0.334 e. The summed E-state index contributed by atoms with van der Waals surface area (Å²) in [6, 6.07) is 22.0. The summed E-state index contributed by atoms with van der Waals surface area (Å²) in [6.07, 6.45) is 3.42. The molecule has 0 unspecified atom stereocenters. The third-order valence-electron chi connectivity index (χ3n) is 3.58. The number of aromatic nitrogens is 3. The smallest absolute Gasteiger partial charge is 0.258 e. The van der Waals surface area contributed by atoms with E-state index in [-0.39, 0.29) is 0 Å². The standard InChI is InChI=1S/C19H13N3O/c1-2-5-14(6-3-1)16-7-4-8-17(13-16)19-21-18(22-23-19)15-9-11-20-12-10-15/h1-13H. The topological polar surface area (TPSA) is 51.8 Å². The summed E-state index contributed by atoms with van der Waals surface area (Å²) in [7, 11) is 0. The molecule has 2 aromatic carbocycles. The van der Waals surface area contributed by atoms with Gasteiger partial charge in [-0.1, -0.05) is 47.6 Å². The van der Waals surface area contributed by atoms with Crippen LogP contribution in [0, 0.1) is 0 Å². The maximum atomic E-state index is 5.41. The minimum atomic E-state index is 0.509. The predicted molar refractivity (Wildman–Crippen MR) is 88.4 cm³/mol. The van der Waals surface area contributed by atoms with Gasteiger partial charge in [-0.25, -0.2) is 0 Å². The van der Waals surface area contributed by atoms with Crippen molar-refractivity contribution in [2.24, 2.45) is 0 Å². The van der Waals surface area contributed by atoms with Crippen molar-refractivity contribution in [1.29, 1.82) is 0 Å². The van der Waals surface area contributed by atoms with Crippen molar-refractivity contribution in [2.75, 3.05) is 0 Å². The third-order valence-corrected chi connectivity index (χ3v) is 3.58. The Bertz CT molecular complexity index is 918. The lowest BCUT2D eigenvalue weighted by Crippen LogP contribution is -1.83. The molecule has 2 heterocycles. The van der Waals surface area contributed by atoms with Crippen LogP contribution in [0.3, 0.4) is 0 Å². The van der Waals surface area contributed by atoms with E-state index in [0.29, 0.717) is 11.7 Å². The molecule has 0 amide bonds. The van der Waals surface area contributed by atoms with E-state index in [0.717, 1.165) is 22.3 Å². The van der Waals surface area contributed by atoms with Gasteiger partial charge in [0, 0.05) is 23.5 Å². The molecule has 4 rings (SSSR count). The van der Waals surface area contributed by atoms with Crippen LogP contribution < -0.4 is 0 Å². The lowest BCUT2D eigenvalue weighted by atomic mass is 10.0. The summed E-state index contributed by atoms with van der Waals surface area (Å²) < 4.78 is 5.41. The molecule has 0 atom stereocenters. The summed E-state index contributed by atoms with van der Waals surface area (Å²) >= 11 is 0. The lowest BCUT2D eigenvalue weighted by Gasteiger charge is -2.02. The molecule has 110 valence electrons. The van der Waals surface area contributed by atoms with Crippen molar-refractivity contribution in [3.05, 3.63) is 79.1 Å². The Hall–Kier alpha value is -3.27. The molecule has 0 aliphatic carbocycles. The van der Waals surface area contributed by atoms with Gasteiger partial charge in [0.15, 0.2) is 0 Å². The van der Waals surface area contributed by atoms with Gasteiger partial charge in [0.05, 0.1) is 0 Å². The van der Waals surface area contributed by atoms with Crippen molar-refractivity contribution in [2.45, 2.75) is 0 Å². The Morgan fingerprint density at radius 3 is 2.22 bits per heavy atom. The van der Waals surface area contributed by atoms with Crippen LogP contribution in [0.4, 0.5) is 0 Å². The molecule has 0 saturated carbocycles. The fourth-order valence-electron chi connectivity index (χ4n) is 2.42. The highest BCUT2D eigenvalue weighted by Gasteiger charge is 2.11. The first-order chi connectivity index (χ1) is 11.4. The molecule has 0 aliphatic rings. The molecule has 0 bridgehead atoms. The van der Waals surface area contributed by atoms with Crippen LogP contribution in [0.1, 0.15) is 0 Å². The van der Waals surface area contributed by atoms with Crippen molar-refractivity contribution in [3.8, 4) is 34.0 Å². The Morgan fingerprint density at radius 1 is 0.652 bits per heavy atom. The van der Waals surface area contributed by atoms with Gasteiger partial charge >= 0.3 is 0 Å². The number of pyridine rings is 1. The normalized spacial score (nSPS) is 10.6. The Kier molecular flexibility index (Phi) is 3.41. The molecule has 4 heteroatoms. The molecule has 0 N–H and O–H groups in total. The molecule has 4 nitrogen and oxygen atoms in total. The first-order valence-electron chi connectivity index (χ1n) is 7.30. The number of nitrogens with zero attached hydrogens (tertiary/aromatic N) is 3. The van der Waals surface area contributed by atoms with E-state index in [4.69, 9.17) is 4.52 Å². The summed E-state index contributed by atoms with van der Waals surface area (Å²) in [4.78, 5) is 8.47. The fourth-order valence-corrected chi connectivity index (χ4v) is 2.42. The van der Waals surface area contributed by atoms with E-state index >= 15 is 0 Å². The van der Waals surface area contributed by atoms with Crippen LogP contribution in [0.5, 0.6) is 0 Å². The predicted octanol–water partition coefficient (Wildman–Crippen LogP) is 4.47. The largest absolute Gasteiger partial charge is 0.334 e. The first kappa shape index (κ1) is 13.4. The molecule has 0 radical (unpaired) electrons. The summed E-state index contributed by atoms with van der Waals surface area (Å²) in [6.45, 7) is 0. The van der Waals surface area contributed by atoms with Crippen LogP contribution in [0.25, 0.3) is 34.0 Å². The van der Waals surface area contributed by atoms with Gasteiger partial charge in [-0.05, 0) is 35.4 Å². The molecular weight excluding hydrogens is 286 g/mol. The third kappa shape index (κ3) is 2.74. The van der Waals surface area contributed by atoms with E-state index < -0.39 is 0 Å². The van der Waals surface area contributed by atoms with Crippen LogP contribution in [-0.2, 0) is 0 Å². The second-order valence-corrected chi connectivity index (χ2v) is 5.11. The molecule has 0 spiro atoms. The van der Waals surface area contributed by atoms with Crippen molar-refractivity contribution < 1.29 is 4.52 Å². The van der Waals surface area contributed by atoms with Gasteiger partial charge < -0.3 is 4.52 Å². The zero-order chi connectivity index (χ0) is 15.5. The SMILES string of the molecule is c1ccc(-c2cccc(-c3nc(-c4ccncc4)no3)c2)cc1. The van der Waals surface area contributed by atoms with Crippen LogP contribution in [-0.4, -0.2) is 15.1 Å². The van der Waals surface area contributed by atoms with E-state index in [1.807, 2.05) is 42.5 Å². The Labute approximate surface area is 133 Å². The molecule has 23 heavy (non-hydrogen) atoms. The fraction of sp³-hybridized carbons (Fsp3) is 0. The van der Waals surface area contributed by atoms with Crippen LogP contribution in [0.2, 0.25) is 0 Å². The van der Waals surface area contributed by atoms with Crippen molar-refractivity contribution in [1.82, 2.24) is 15.1 Å². The zero-order valence-electron chi connectivity index (χ0n) is 12.3. The summed E-state index contributed by atoms with van der Waals surface area (Å²) in [5.74, 6) is 1.07.